The maximum absolute atomic E-state index is 14.1. The lowest BCUT2D eigenvalue weighted by Crippen LogP contribution is -2.14. The molecule has 0 spiro atoms. The van der Waals surface area contributed by atoms with Crippen molar-refractivity contribution < 1.29 is 27.1 Å². The molecule has 0 saturated carbocycles. The fourth-order valence-electron chi connectivity index (χ4n) is 2.78. The molecular weight excluding hydrogens is 350 g/mol. The summed E-state index contributed by atoms with van der Waals surface area (Å²) in [6.07, 6.45) is -5.78. The predicted octanol–water partition coefficient (Wildman–Crippen LogP) is 4.46. The van der Waals surface area contributed by atoms with Gasteiger partial charge in [-0.05, 0) is 30.7 Å². The van der Waals surface area contributed by atoms with Crippen molar-refractivity contribution in [3.8, 4) is 0 Å². The number of hydrogen-bond donors (Lipinski definition) is 1. The number of Topliss-reactive ketones (excluding diaryl/α,β-unsaturated/α-hetero) is 1. The second kappa shape index (κ2) is 6.82. The van der Waals surface area contributed by atoms with Crippen molar-refractivity contribution >= 4 is 11.4 Å². The van der Waals surface area contributed by atoms with Crippen LogP contribution < -0.4 is 5.32 Å². The molecule has 136 valence electrons. The summed E-state index contributed by atoms with van der Waals surface area (Å²) in [5.74, 6) is -1.16. The molecule has 1 N–H and O–H groups in total. The summed E-state index contributed by atoms with van der Waals surface area (Å²) in [5, 5.41) is 2.83. The first-order valence-electron chi connectivity index (χ1n) is 7.94. The molecule has 0 aliphatic carbocycles. The Balaban J connectivity index is 2.05. The number of hydrogen-bond acceptors (Lipinski definition) is 3. The van der Waals surface area contributed by atoms with Gasteiger partial charge in [0.1, 0.15) is 5.82 Å². The lowest BCUT2D eigenvalue weighted by molar-refractivity contribution is -0.137. The van der Waals surface area contributed by atoms with Crippen LogP contribution in [0, 0.1) is 5.82 Å². The molecule has 1 atom stereocenters. The van der Waals surface area contributed by atoms with Gasteiger partial charge in [-0.25, -0.2) is 4.39 Å². The third-order valence-electron chi connectivity index (χ3n) is 3.95. The van der Waals surface area contributed by atoms with Gasteiger partial charge in [-0.3, -0.25) is 4.79 Å². The molecule has 3 rings (SSSR count). The Hall–Kier alpha value is -2.83. The summed E-state index contributed by atoms with van der Waals surface area (Å²) < 4.78 is 58.6. The quantitative estimate of drug-likeness (QED) is 0.813. The summed E-state index contributed by atoms with van der Waals surface area (Å²) >= 11 is 0. The van der Waals surface area contributed by atoms with Crippen LogP contribution in [-0.2, 0) is 15.7 Å². The molecule has 2 aromatic rings. The molecule has 1 unspecified atom stereocenters. The molecule has 26 heavy (non-hydrogen) atoms. The Bertz CT molecular complexity index is 874. The van der Waals surface area contributed by atoms with Crippen LogP contribution in [0.25, 0.3) is 5.57 Å². The number of nitrogens with one attached hydrogen (secondary N) is 1. The zero-order valence-electron chi connectivity index (χ0n) is 13.7. The fourth-order valence-corrected chi connectivity index (χ4v) is 2.78. The third-order valence-corrected chi connectivity index (χ3v) is 3.95. The van der Waals surface area contributed by atoms with Gasteiger partial charge in [-0.2, -0.15) is 13.2 Å². The van der Waals surface area contributed by atoms with Crippen molar-refractivity contribution in [3.63, 3.8) is 0 Å². The van der Waals surface area contributed by atoms with E-state index in [0.717, 1.165) is 12.1 Å². The number of ether oxygens (including phenoxy) is 1. The van der Waals surface area contributed by atoms with Crippen molar-refractivity contribution in [2.45, 2.75) is 19.2 Å². The summed E-state index contributed by atoms with van der Waals surface area (Å²) in [6.45, 7) is 2.14. The van der Waals surface area contributed by atoms with Crippen LogP contribution in [0.5, 0.6) is 0 Å². The largest absolute Gasteiger partial charge is 0.462 e. The van der Waals surface area contributed by atoms with Crippen LogP contribution in [0.3, 0.4) is 0 Å². The minimum Gasteiger partial charge on any atom is -0.462 e. The molecule has 0 aromatic heterocycles. The van der Waals surface area contributed by atoms with Gasteiger partial charge in [0.2, 0.25) is 5.78 Å². The number of benzene rings is 2. The van der Waals surface area contributed by atoms with Crippen molar-refractivity contribution in [1.82, 2.24) is 5.32 Å². The van der Waals surface area contributed by atoms with Crippen molar-refractivity contribution in [2.75, 3.05) is 6.54 Å². The minimum absolute atomic E-state index is 0.0220. The summed E-state index contributed by atoms with van der Waals surface area (Å²) in [6, 6.07) is 10.1. The molecule has 0 saturated heterocycles. The highest BCUT2D eigenvalue weighted by Crippen LogP contribution is 2.39. The molecule has 1 aliphatic rings. The van der Waals surface area contributed by atoms with Crippen molar-refractivity contribution in [1.29, 1.82) is 0 Å². The highest BCUT2D eigenvalue weighted by molar-refractivity contribution is 6.25. The first-order valence-corrected chi connectivity index (χ1v) is 7.94. The van der Waals surface area contributed by atoms with E-state index in [1.54, 1.807) is 13.0 Å². The summed E-state index contributed by atoms with van der Waals surface area (Å²) in [7, 11) is 0. The van der Waals surface area contributed by atoms with Crippen LogP contribution in [0.4, 0.5) is 17.6 Å². The van der Waals surface area contributed by atoms with Gasteiger partial charge in [-0.1, -0.05) is 30.3 Å². The molecule has 0 radical (unpaired) electrons. The zero-order chi connectivity index (χ0) is 18.9. The van der Waals surface area contributed by atoms with Gasteiger partial charge in [0.25, 0.3) is 0 Å². The topological polar surface area (TPSA) is 38.3 Å². The van der Waals surface area contributed by atoms with Gasteiger partial charge >= 0.3 is 6.18 Å². The maximum Gasteiger partial charge on any atom is 0.416 e. The first kappa shape index (κ1) is 18.0. The zero-order valence-corrected chi connectivity index (χ0v) is 13.7. The van der Waals surface area contributed by atoms with Crippen LogP contribution in [0.2, 0.25) is 0 Å². The smallest absolute Gasteiger partial charge is 0.416 e. The van der Waals surface area contributed by atoms with E-state index in [1.807, 2.05) is 0 Å². The number of alkyl halides is 3. The van der Waals surface area contributed by atoms with Gasteiger partial charge < -0.3 is 10.1 Å². The lowest BCUT2D eigenvalue weighted by atomic mass is 9.95. The molecular formula is C19H15F4NO2. The Labute approximate surface area is 147 Å². The van der Waals surface area contributed by atoms with Crippen LogP contribution in [0.1, 0.15) is 29.7 Å². The van der Waals surface area contributed by atoms with E-state index in [9.17, 15) is 22.4 Å². The average molecular weight is 365 g/mol. The molecule has 1 aliphatic heterocycles. The van der Waals surface area contributed by atoms with Gasteiger partial charge in [0.05, 0.1) is 11.1 Å². The van der Waals surface area contributed by atoms with E-state index >= 15 is 0 Å². The van der Waals surface area contributed by atoms with E-state index < -0.39 is 29.4 Å². The predicted molar refractivity (Wildman–Crippen MR) is 87.3 cm³/mol. The monoisotopic (exact) mass is 365 g/mol. The Morgan fingerprint density at radius 3 is 2.50 bits per heavy atom. The molecule has 0 fully saturated rings. The Kier molecular flexibility index (Phi) is 4.71. The first-order chi connectivity index (χ1) is 12.3. The third kappa shape index (κ3) is 3.29. The molecule has 1 heterocycles. The van der Waals surface area contributed by atoms with Crippen LogP contribution in [0.15, 0.2) is 54.4 Å². The van der Waals surface area contributed by atoms with Crippen molar-refractivity contribution in [2.24, 2.45) is 0 Å². The highest BCUT2D eigenvalue weighted by atomic mass is 19.4. The van der Waals surface area contributed by atoms with Gasteiger partial charge in [-0.15, -0.1) is 0 Å². The van der Waals surface area contributed by atoms with Crippen molar-refractivity contribution in [3.05, 3.63) is 76.9 Å². The van der Waals surface area contributed by atoms with Crippen LogP contribution in [-0.4, -0.2) is 12.3 Å². The number of carbonyl (C=O) groups is 1. The van der Waals surface area contributed by atoms with Gasteiger partial charge in [0.15, 0.2) is 12.0 Å². The molecule has 0 amide bonds. The minimum atomic E-state index is -4.54. The SMILES string of the molecule is CCNC1=C(c2cccc(C(F)(F)F)c2)C(=O)C(c2ccccc2F)O1. The molecule has 3 nitrogen and oxygen atoms in total. The number of carbonyl (C=O) groups excluding carboxylic acids is 1. The highest BCUT2D eigenvalue weighted by Gasteiger charge is 2.39. The lowest BCUT2D eigenvalue weighted by Gasteiger charge is -2.12. The Morgan fingerprint density at radius 2 is 1.85 bits per heavy atom. The number of rotatable bonds is 4. The molecule has 2 aromatic carbocycles. The maximum atomic E-state index is 14.1. The van der Waals surface area contributed by atoms with E-state index in [1.165, 1.54) is 30.3 Å². The second-order valence-electron chi connectivity index (χ2n) is 5.70. The Morgan fingerprint density at radius 1 is 1.12 bits per heavy atom. The van der Waals surface area contributed by atoms with E-state index in [4.69, 9.17) is 4.74 Å². The average Bonchev–Trinajstić information content (AvgIpc) is 2.91. The van der Waals surface area contributed by atoms with E-state index in [2.05, 4.69) is 5.32 Å². The van der Waals surface area contributed by atoms with Crippen LogP contribution >= 0.6 is 0 Å². The van der Waals surface area contributed by atoms with E-state index in [-0.39, 0.29) is 22.6 Å². The molecule has 7 heteroatoms. The summed E-state index contributed by atoms with van der Waals surface area (Å²) in [5.41, 5.74) is -0.791. The number of halogens is 4. The van der Waals surface area contributed by atoms with Gasteiger partial charge in [0, 0.05) is 12.1 Å². The standard InChI is InChI=1S/C19H15F4NO2/c1-2-24-18-15(11-6-5-7-12(10-11)19(21,22)23)16(25)17(26-18)13-8-3-4-9-14(13)20/h3-10,17,24H,2H2,1H3. The van der Waals surface area contributed by atoms with E-state index in [0.29, 0.717) is 6.54 Å². The second-order valence-corrected chi connectivity index (χ2v) is 5.70. The summed E-state index contributed by atoms with van der Waals surface area (Å²) in [4.78, 5) is 12.8. The fraction of sp³-hybridized carbons (Fsp3) is 0.211. The molecule has 0 bridgehead atoms. The normalized spacial score (nSPS) is 17.4. The number of ketones is 1.